The average Bonchev–Trinajstić information content (AvgIpc) is 2.75. The largest absolute Gasteiger partial charge is 3.00 e. The number of anilines is 1. The van der Waals surface area contributed by atoms with Crippen LogP contribution in [0.1, 0.15) is 43.3 Å². The zero-order chi connectivity index (χ0) is 14.0. The van der Waals surface area contributed by atoms with Crippen molar-refractivity contribution in [2.24, 2.45) is 0 Å². The predicted octanol–water partition coefficient (Wildman–Crippen LogP) is 4.14. The van der Waals surface area contributed by atoms with E-state index in [0.29, 0.717) is 5.95 Å². The number of nitrogens with zero attached hydrogens (tertiary/aromatic N) is 3. The molecule has 0 fully saturated rings. The van der Waals surface area contributed by atoms with Crippen molar-refractivity contribution in [3.8, 4) is 0 Å². The van der Waals surface area contributed by atoms with E-state index in [1.54, 1.807) is 11.3 Å². The van der Waals surface area contributed by atoms with Gasteiger partial charge in [-0.2, -0.15) is 18.8 Å². The van der Waals surface area contributed by atoms with Crippen LogP contribution in [0.25, 0.3) is 0 Å². The maximum absolute atomic E-state index is 4.43. The maximum Gasteiger partial charge on any atom is 3.00 e. The zero-order valence-electron chi connectivity index (χ0n) is 11.9. The molecule has 102 valence electrons. The van der Waals surface area contributed by atoms with Gasteiger partial charge in [-0.05, 0) is 41.9 Å². The number of halogens is 1. The molecule has 2 aromatic heterocycles. The summed E-state index contributed by atoms with van der Waals surface area (Å²) >= 11 is 5.18. The molecule has 1 atom stereocenters. The third-order valence-corrected chi connectivity index (χ3v) is 4.37. The van der Waals surface area contributed by atoms with E-state index >= 15 is 0 Å². The molecule has 0 spiro atoms. The fourth-order valence-electron chi connectivity index (χ4n) is 1.60. The minimum absolute atomic E-state index is 0. The van der Waals surface area contributed by atoms with Crippen molar-refractivity contribution in [2.75, 3.05) is 5.32 Å². The number of hydrogen-bond donors (Lipinski definition) is 1. The van der Waals surface area contributed by atoms with Crippen LogP contribution in [0, 0.1) is 12.8 Å². The number of aryl methyl sites for hydroxylation is 1. The van der Waals surface area contributed by atoms with Gasteiger partial charge in [0.05, 0.1) is 9.83 Å². The van der Waals surface area contributed by atoms with Gasteiger partial charge in [-0.25, -0.2) is 4.98 Å². The van der Waals surface area contributed by atoms with Crippen LogP contribution in [-0.4, -0.2) is 15.0 Å². The molecule has 0 radical (unpaired) electrons. The molecule has 2 aromatic rings. The summed E-state index contributed by atoms with van der Waals surface area (Å²) in [4.78, 5) is 14.3. The molecule has 20 heavy (non-hydrogen) atoms. The van der Waals surface area contributed by atoms with Crippen LogP contribution in [-0.2, 0) is 32.7 Å². The van der Waals surface area contributed by atoms with Gasteiger partial charge >= 0.3 is 32.7 Å². The molecule has 0 aromatic carbocycles. The third kappa shape index (κ3) is 4.76. The van der Waals surface area contributed by atoms with Gasteiger partial charge in [0.15, 0.2) is 0 Å². The molecule has 0 bridgehead atoms. The van der Waals surface area contributed by atoms with Crippen LogP contribution >= 0.6 is 27.3 Å². The molecule has 0 amide bonds. The Kier molecular flexibility index (Phi) is 7.05. The summed E-state index contributed by atoms with van der Waals surface area (Å²) in [5.74, 6) is 3.18. The number of nitrogens with one attached hydrogen (secondary N) is 1. The van der Waals surface area contributed by atoms with E-state index in [1.807, 2.05) is 26.8 Å². The Morgan fingerprint density at radius 3 is 2.50 bits per heavy atom. The number of aromatic nitrogens is 3. The normalized spacial score (nSPS) is 11.7. The summed E-state index contributed by atoms with van der Waals surface area (Å²) in [6.07, 6.45) is 0. The van der Waals surface area contributed by atoms with Gasteiger partial charge in [0.2, 0.25) is 5.95 Å². The minimum Gasteiger partial charge on any atom is -0.347 e. The van der Waals surface area contributed by atoms with Crippen molar-refractivity contribution < 1.29 is 32.7 Å². The Morgan fingerprint density at radius 1 is 1.25 bits per heavy atom. The first-order valence-corrected chi connectivity index (χ1v) is 7.61. The molecule has 7 heteroatoms. The Morgan fingerprint density at radius 2 is 1.95 bits per heavy atom. The molecular formula is C13H16BrN4SY+2. The van der Waals surface area contributed by atoms with Gasteiger partial charge in [0.1, 0.15) is 5.82 Å². The van der Waals surface area contributed by atoms with Crippen LogP contribution in [0.5, 0.6) is 0 Å². The van der Waals surface area contributed by atoms with Crippen LogP contribution in [0.3, 0.4) is 0 Å². The van der Waals surface area contributed by atoms with Gasteiger partial charge in [-0.1, -0.05) is 0 Å². The van der Waals surface area contributed by atoms with Gasteiger partial charge in [0, 0.05) is 10.7 Å². The van der Waals surface area contributed by atoms with E-state index in [2.05, 4.69) is 49.2 Å². The van der Waals surface area contributed by atoms with E-state index in [1.165, 1.54) is 4.88 Å². The summed E-state index contributed by atoms with van der Waals surface area (Å²) in [7, 11) is 0. The number of hydrogen-bond acceptors (Lipinski definition) is 5. The van der Waals surface area contributed by atoms with Crippen LogP contribution in [0.4, 0.5) is 5.95 Å². The van der Waals surface area contributed by atoms with Gasteiger partial charge < -0.3 is 11.2 Å². The van der Waals surface area contributed by atoms with Crippen molar-refractivity contribution in [1.82, 2.24) is 15.0 Å². The fourth-order valence-corrected chi connectivity index (χ4v) is 3.02. The molecule has 0 aliphatic heterocycles. The molecule has 1 N–H and O–H groups in total. The van der Waals surface area contributed by atoms with E-state index in [9.17, 15) is 0 Å². The van der Waals surface area contributed by atoms with Crippen molar-refractivity contribution in [3.05, 3.63) is 38.4 Å². The number of thiophene rings is 1. The third-order valence-electron chi connectivity index (χ3n) is 2.56. The summed E-state index contributed by atoms with van der Waals surface area (Å²) in [5, 5.41) is 3.32. The van der Waals surface area contributed by atoms with Gasteiger partial charge in [0.25, 0.3) is 0 Å². The van der Waals surface area contributed by atoms with Crippen molar-refractivity contribution in [1.29, 1.82) is 0 Å². The molecule has 0 aliphatic carbocycles. The molecule has 2 heterocycles. The Labute approximate surface area is 157 Å². The Hall–Kier alpha value is -0.0361. The summed E-state index contributed by atoms with van der Waals surface area (Å²) in [6.45, 7) is 7.97. The Balaban J connectivity index is 0.00000200. The van der Waals surface area contributed by atoms with Crippen LogP contribution < -0.4 is 5.32 Å². The van der Waals surface area contributed by atoms with E-state index in [4.69, 9.17) is 0 Å². The van der Waals surface area contributed by atoms with Crippen molar-refractivity contribution >= 4 is 33.2 Å². The SMILES string of the molecule is Cc1nc(NC(C)c2ccc(Br)s2)nc([C-](C)C)n1.[Y+3]. The molecule has 0 saturated carbocycles. The number of rotatable bonds is 4. The van der Waals surface area contributed by atoms with Crippen LogP contribution in [0.2, 0.25) is 0 Å². The van der Waals surface area contributed by atoms with E-state index in [0.717, 1.165) is 21.4 Å². The van der Waals surface area contributed by atoms with Gasteiger partial charge in [-0.3, -0.25) is 4.98 Å². The topological polar surface area (TPSA) is 50.7 Å². The van der Waals surface area contributed by atoms with Crippen LogP contribution in [0.15, 0.2) is 15.9 Å². The fraction of sp³-hybridized carbons (Fsp3) is 0.385. The maximum atomic E-state index is 4.43. The molecular weight excluding hydrogens is 413 g/mol. The molecule has 4 nitrogen and oxygen atoms in total. The summed E-state index contributed by atoms with van der Waals surface area (Å²) < 4.78 is 1.13. The first kappa shape index (κ1) is 18.0. The first-order chi connectivity index (χ1) is 8.95. The molecule has 0 saturated heterocycles. The van der Waals surface area contributed by atoms with Gasteiger partial charge in [-0.15, -0.1) is 11.3 Å². The Bertz CT molecular complexity index is 573. The summed E-state index contributed by atoms with van der Waals surface area (Å²) in [6, 6.07) is 4.31. The predicted molar refractivity (Wildman–Crippen MR) is 82.3 cm³/mol. The molecule has 0 aliphatic rings. The standard InChI is InChI=1S/C13H16BrN4S.Y/c1-7(2)12-16-9(4)17-13(18-12)15-8(3)10-5-6-11(14)19-10;/h5-6,8H,1-4H3,(H,15,16,17,18);/q-1;+3. The smallest absolute Gasteiger partial charge is 0.347 e. The zero-order valence-corrected chi connectivity index (χ0v) is 17.2. The summed E-state index contributed by atoms with van der Waals surface area (Å²) in [5.41, 5.74) is 0. The second kappa shape index (κ2) is 7.83. The van der Waals surface area contributed by atoms with E-state index < -0.39 is 0 Å². The minimum atomic E-state index is 0. The average molecular weight is 429 g/mol. The molecule has 2 rings (SSSR count). The van der Waals surface area contributed by atoms with Crippen molar-refractivity contribution in [2.45, 2.75) is 33.7 Å². The van der Waals surface area contributed by atoms with Crippen molar-refractivity contribution in [3.63, 3.8) is 0 Å². The van der Waals surface area contributed by atoms with E-state index in [-0.39, 0.29) is 38.8 Å². The quantitative estimate of drug-likeness (QED) is 0.743. The second-order valence-electron chi connectivity index (χ2n) is 4.54. The monoisotopic (exact) mass is 428 g/mol. The molecule has 1 unspecified atom stereocenters. The second-order valence-corrected chi connectivity index (χ2v) is 7.03. The first-order valence-electron chi connectivity index (χ1n) is 6.00.